The maximum absolute atomic E-state index is 2.32. The molecule has 0 spiro atoms. The molecule has 0 bridgehead atoms. The lowest BCUT2D eigenvalue weighted by molar-refractivity contribution is 1.21. The SMILES string of the molecule is c1ccc(N(c2ccccc2)c2ccc(-c3ccc(Cc4cccc5cc(N(c6ccccc6)c6ccccc6)ccc45)cc3)cc2)cc1. The molecule has 0 heterocycles. The summed E-state index contributed by atoms with van der Waals surface area (Å²) in [6, 6.07) is 73.6. The van der Waals surface area contributed by atoms with E-state index in [1.54, 1.807) is 0 Å². The van der Waals surface area contributed by atoms with E-state index in [0.717, 1.165) is 40.5 Å². The van der Waals surface area contributed by atoms with Gasteiger partial charge < -0.3 is 9.80 Å². The van der Waals surface area contributed by atoms with Crippen LogP contribution in [0.3, 0.4) is 0 Å². The quantitative estimate of drug-likeness (QED) is 0.157. The second-order valence-corrected chi connectivity index (χ2v) is 12.3. The van der Waals surface area contributed by atoms with E-state index in [1.807, 2.05) is 0 Å². The molecule has 0 N–H and O–H groups in total. The molecule has 0 aliphatic rings. The molecule has 49 heavy (non-hydrogen) atoms. The minimum atomic E-state index is 0.875. The highest BCUT2D eigenvalue weighted by atomic mass is 15.1. The molecule has 0 saturated heterocycles. The predicted octanol–water partition coefficient (Wildman–Crippen LogP) is 13.0. The average Bonchev–Trinajstić information content (AvgIpc) is 3.17. The lowest BCUT2D eigenvalue weighted by Crippen LogP contribution is -2.09. The van der Waals surface area contributed by atoms with E-state index in [-0.39, 0.29) is 0 Å². The summed E-state index contributed by atoms with van der Waals surface area (Å²) in [5, 5.41) is 2.52. The van der Waals surface area contributed by atoms with Crippen LogP contribution in [0.1, 0.15) is 11.1 Å². The Kier molecular flexibility index (Phi) is 8.43. The standard InChI is InChI=1S/C47H36N2/c1-5-16-41(17-6-1)48(42-18-7-2-8-19-42)45-30-28-38(29-31-45)37-26-24-36(25-27-37)34-39-14-13-15-40-35-46(32-33-47(39)40)49(43-20-9-3-10-21-43)44-22-11-4-12-23-44/h1-33,35H,34H2. The van der Waals surface area contributed by atoms with Gasteiger partial charge in [0.2, 0.25) is 0 Å². The van der Waals surface area contributed by atoms with Crippen LogP contribution >= 0.6 is 0 Å². The molecule has 8 aromatic carbocycles. The van der Waals surface area contributed by atoms with Gasteiger partial charge in [-0.05, 0) is 112 Å². The molecule has 234 valence electrons. The van der Waals surface area contributed by atoms with Gasteiger partial charge in [0.1, 0.15) is 0 Å². The molecular weight excluding hydrogens is 593 g/mol. The first-order valence-electron chi connectivity index (χ1n) is 16.8. The summed E-state index contributed by atoms with van der Waals surface area (Å²) < 4.78 is 0. The molecule has 0 radical (unpaired) electrons. The minimum Gasteiger partial charge on any atom is -0.311 e. The Balaban J connectivity index is 1.04. The summed E-state index contributed by atoms with van der Waals surface area (Å²) in [6.07, 6.45) is 0.875. The maximum atomic E-state index is 2.32. The number of rotatable bonds is 9. The van der Waals surface area contributed by atoms with Crippen LogP contribution in [-0.4, -0.2) is 0 Å². The smallest absolute Gasteiger partial charge is 0.0468 e. The van der Waals surface area contributed by atoms with Gasteiger partial charge in [0.25, 0.3) is 0 Å². The van der Waals surface area contributed by atoms with Crippen LogP contribution in [-0.2, 0) is 6.42 Å². The minimum absolute atomic E-state index is 0.875. The molecule has 0 amide bonds. The molecule has 0 aliphatic heterocycles. The number of anilines is 6. The van der Waals surface area contributed by atoms with E-state index in [4.69, 9.17) is 0 Å². The Labute approximate surface area is 288 Å². The number of fused-ring (bicyclic) bond motifs is 1. The van der Waals surface area contributed by atoms with Crippen molar-refractivity contribution < 1.29 is 0 Å². The van der Waals surface area contributed by atoms with E-state index in [0.29, 0.717) is 0 Å². The number of para-hydroxylation sites is 4. The van der Waals surface area contributed by atoms with E-state index < -0.39 is 0 Å². The number of hydrogen-bond donors (Lipinski definition) is 0. The predicted molar refractivity (Wildman–Crippen MR) is 208 cm³/mol. The number of hydrogen-bond acceptors (Lipinski definition) is 2. The van der Waals surface area contributed by atoms with Crippen molar-refractivity contribution in [2.24, 2.45) is 0 Å². The number of benzene rings is 8. The monoisotopic (exact) mass is 628 g/mol. The number of nitrogens with zero attached hydrogens (tertiary/aromatic N) is 2. The Morgan fingerprint density at radius 1 is 0.306 bits per heavy atom. The third-order valence-electron chi connectivity index (χ3n) is 9.08. The Bertz CT molecular complexity index is 2190. The van der Waals surface area contributed by atoms with Crippen molar-refractivity contribution in [1.29, 1.82) is 0 Å². The van der Waals surface area contributed by atoms with E-state index in [9.17, 15) is 0 Å². The zero-order valence-corrected chi connectivity index (χ0v) is 27.2. The van der Waals surface area contributed by atoms with Crippen molar-refractivity contribution in [3.63, 3.8) is 0 Å². The van der Waals surface area contributed by atoms with Gasteiger partial charge in [0, 0.05) is 34.1 Å². The molecule has 8 rings (SSSR count). The van der Waals surface area contributed by atoms with Gasteiger partial charge in [0.15, 0.2) is 0 Å². The Morgan fingerprint density at radius 2 is 0.714 bits per heavy atom. The molecule has 0 fully saturated rings. The van der Waals surface area contributed by atoms with Gasteiger partial charge in [-0.3, -0.25) is 0 Å². The van der Waals surface area contributed by atoms with Gasteiger partial charge >= 0.3 is 0 Å². The van der Waals surface area contributed by atoms with Gasteiger partial charge in [-0.15, -0.1) is 0 Å². The summed E-state index contributed by atoms with van der Waals surface area (Å²) in [7, 11) is 0. The third-order valence-corrected chi connectivity index (χ3v) is 9.08. The first-order chi connectivity index (χ1) is 24.3. The van der Waals surface area contributed by atoms with Gasteiger partial charge in [-0.1, -0.05) is 133 Å². The zero-order valence-electron chi connectivity index (χ0n) is 27.2. The van der Waals surface area contributed by atoms with Crippen molar-refractivity contribution >= 4 is 44.9 Å². The summed E-state index contributed by atoms with van der Waals surface area (Å²) in [6.45, 7) is 0. The fourth-order valence-electron chi connectivity index (χ4n) is 6.67. The average molecular weight is 629 g/mol. The summed E-state index contributed by atoms with van der Waals surface area (Å²) in [5.41, 5.74) is 11.9. The second kappa shape index (κ2) is 13.8. The van der Waals surface area contributed by atoms with E-state index in [1.165, 1.54) is 33.0 Å². The van der Waals surface area contributed by atoms with E-state index >= 15 is 0 Å². The maximum Gasteiger partial charge on any atom is 0.0468 e. The topological polar surface area (TPSA) is 6.48 Å². The zero-order chi connectivity index (χ0) is 32.8. The fourth-order valence-corrected chi connectivity index (χ4v) is 6.67. The van der Waals surface area contributed by atoms with Crippen LogP contribution in [0.4, 0.5) is 34.1 Å². The van der Waals surface area contributed by atoms with Crippen LogP contribution in [0.5, 0.6) is 0 Å². The van der Waals surface area contributed by atoms with Gasteiger partial charge in [-0.2, -0.15) is 0 Å². The van der Waals surface area contributed by atoms with Crippen molar-refractivity contribution in [2.45, 2.75) is 6.42 Å². The van der Waals surface area contributed by atoms with Crippen LogP contribution < -0.4 is 9.80 Å². The normalized spacial score (nSPS) is 10.9. The summed E-state index contributed by atoms with van der Waals surface area (Å²) in [5.74, 6) is 0. The molecule has 0 aromatic heterocycles. The first kappa shape index (κ1) is 30.0. The highest BCUT2D eigenvalue weighted by Gasteiger charge is 2.14. The van der Waals surface area contributed by atoms with Crippen LogP contribution in [0, 0.1) is 0 Å². The summed E-state index contributed by atoms with van der Waals surface area (Å²) in [4.78, 5) is 4.61. The fraction of sp³-hybridized carbons (Fsp3) is 0.0213. The van der Waals surface area contributed by atoms with Gasteiger partial charge in [0.05, 0.1) is 0 Å². The molecule has 0 unspecified atom stereocenters. The highest BCUT2D eigenvalue weighted by molar-refractivity contribution is 5.91. The van der Waals surface area contributed by atoms with Crippen molar-refractivity contribution in [1.82, 2.24) is 0 Å². The first-order valence-corrected chi connectivity index (χ1v) is 16.8. The van der Waals surface area contributed by atoms with Crippen molar-refractivity contribution in [2.75, 3.05) is 9.80 Å². The van der Waals surface area contributed by atoms with Gasteiger partial charge in [-0.25, -0.2) is 0 Å². The lowest BCUT2D eigenvalue weighted by Gasteiger charge is -2.26. The van der Waals surface area contributed by atoms with Crippen LogP contribution in [0.25, 0.3) is 21.9 Å². The van der Waals surface area contributed by atoms with Crippen molar-refractivity contribution in [3.05, 3.63) is 217 Å². The molecule has 2 nitrogen and oxygen atoms in total. The second-order valence-electron chi connectivity index (χ2n) is 12.3. The van der Waals surface area contributed by atoms with Crippen LogP contribution in [0.2, 0.25) is 0 Å². The summed E-state index contributed by atoms with van der Waals surface area (Å²) >= 11 is 0. The Hall–Kier alpha value is -6.38. The largest absolute Gasteiger partial charge is 0.311 e. The third kappa shape index (κ3) is 6.45. The molecule has 0 aliphatic carbocycles. The molecule has 0 saturated carbocycles. The highest BCUT2D eigenvalue weighted by Crippen LogP contribution is 2.37. The molecule has 8 aromatic rings. The van der Waals surface area contributed by atoms with E-state index in [2.05, 4.69) is 216 Å². The molecule has 2 heteroatoms. The molecular formula is C47H36N2. The van der Waals surface area contributed by atoms with Crippen LogP contribution in [0.15, 0.2) is 206 Å². The molecule has 0 atom stereocenters. The van der Waals surface area contributed by atoms with Crippen molar-refractivity contribution in [3.8, 4) is 11.1 Å². The Morgan fingerprint density at radius 3 is 1.20 bits per heavy atom. The lowest BCUT2D eigenvalue weighted by atomic mass is 9.96.